The predicted octanol–water partition coefficient (Wildman–Crippen LogP) is 3.70. The lowest BCUT2D eigenvalue weighted by Gasteiger charge is -2.32. The number of esters is 1. The van der Waals surface area contributed by atoms with Crippen LogP contribution in [0.25, 0.3) is 0 Å². The first-order valence-corrected chi connectivity index (χ1v) is 16.9. The summed E-state index contributed by atoms with van der Waals surface area (Å²) in [7, 11) is -3.02. The lowest BCUT2D eigenvalue weighted by Crippen LogP contribution is -2.46. The number of nitrogens with one attached hydrogen (secondary N) is 2. The maximum atomic E-state index is 13.5. The molecule has 0 spiro atoms. The molecule has 4 rings (SSSR count). The molecule has 2 aliphatic rings. The number of carbonyl (C=O) groups excluding carboxylic acids is 3. The van der Waals surface area contributed by atoms with Crippen molar-refractivity contribution < 1.29 is 50.2 Å². The number of sulfonamides is 1. The molecule has 47 heavy (non-hydrogen) atoms. The van der Waals surface area contributed by atoms with Crippen molar-refractivity contribution in [2.75, 3.05) is 46.5 Å². The average molecular weight is 684 g/mol. The number of amides is 2. The summed E-state index contributed by atoms with van der Waals surface area (Å²) in [5.74, 6) is -0.614. The zero-order valence-corrected chi connectivity index (χ0v) is 27.2. The molecule has 1 unspecified atom stereocenters. The minimum Gasteiger partial charge on any atom is -0.493 e. The summed E-state index contributed by atoms with van der Waals surface area (Å²) in [6, 6.07) is 8.50. The van der Waals surface area contributed by atoms with Crippen LogP contribution in [0.4, 0.5) is 13.2 Å². The molecule has 1 heterocycles. The van der Waals surface area contributed by atoms with E-state index in [1.54, 1.807) is 25.1 Å². The third kappa shape index (κ3) is 9.60. The fourth-order valence-electron chi connectivity index (χ4n) is 5.55. The minimum absolute atomic E-state index is 0.0257. The van der Waals surface area contributed by atoms with Gasteiger partial charge in [-0.1, -0.05) is 25.0 Å². The summed E-state index contributed by atoms with van der Waals surface area (Å²) in [6.07, 6.45) is -2.29. The van der Waals surface area contributed by atoms with Gasteiger partial charge in [0, 0.05) is 32.6 Å². The topological polar surface area (TPSA) is 140 Å². The molecule has 1 aliphatic heterocycles. The molecule has 15 heteroatoms. The van der Waals surface area contributed by atoms with E-state index >= 15 is 0 Å². The van der Waals surface area contributed by atoms with Gasteiger partial charge in [0.2, 0.25) is 15.9 Å². The van der Waals surface area contributed by atoms with E-state index in [4.69, 9.17) is 14.2 Å². The van der Waals surface area contributed by atoms with Gasteiger partial charge >= 0.3 is 12.1 Å². The maximum absolute atomic E-state index is 13.5. The summed E-state index contributed by atoms with van der Waals surface area (Å²) < 4.78 is 84.7. The first-order valence-electron chi connectivity index (χ1n) is 15.4. The van der Waals surface area contributed by atoms with Gasteiger partial charge in [-0.25, -0.2) is 8.42 Å². The van der Waals surface area contributed by atoms with Crippen LogP contribution in [0, 0.1) is 11.3 Å². The number of carbonyl (C=O) groups is 3. The third-order valence-corrected chi connectivity index (χ3v) is 10.0. The fraction of sp³-hybridized carbons (Fsp3) is 0.531. The van der Waals surface area contributed by atoms with Gasteiger partial charge in [-0.2, -0.15) is 17.5 Å². The Morgan fingerprint density at radius 3 is 2.53 bits per heavy atom. The van der Waals surface area contributed by atoms with Crippen molar-refractivity contribution in [3.05, 3.63) is 53.6 Å². The smallest absolute Gasteiger partial charge is 0.416 e. The highest BCUT2D eigenvalue weighted by atomic mass is 32.2. The Hall–Kier alpha value is -3.85. The number of rotatable bonds is 7. The quantitative estimate of drug-likeness (QED) is 0.422. The Bertz CT molecular complexity index is 1550. The van der Waals surface area contributed by atoms with Crippen LogP contribution in [0.15, 0.2) is 47.4 Å². The van der Waals surface area contributed by atoms with E-state index in [-0.39, 0.29) is 63.7 Å². The minimum atomic E-state index is -4.76. The molecular weight excluding hydrogens is 643 g/mol. The molecule has 2 aromatic rings. The molecule has 1 atom stereocenters. The van der Waals surface area contributed by atoms with Gasteiger partial charge in [0.1, 0.15) is 0 Å². The molecular formula is C32H40F3N3O8S. The monoisotopic (exact) mass is 683 g/mol. The van der Waals surface area contributed by atoms with E-state index in [1.165, 1.54) is 7.11 Å². The lowest BCUT2D eigenvalue weighted by atomic mass is 9.76. The van der Waals surface area contributed by atoms with Crippen LogP contribution in [0.5, 0.6) is 11.5 Å². The summed E-state index contributed by atoms with van der Waals surface area (Å²) >= 11 is 0. The van der Waals surface area contributed by atoms with E-state index in [9.17, 15) is 36.0 Å². The van der Waals surface area contributed by atoms with E-state index in [2.05, 4.69) is 10.6 Å². The Morgan fingerprint density at radius 1 is 1.09 bits per heavy atom. The number of methoxy groups -OCH3 is 1. The molecule has 11 nitrogen and oxygen atoms in total. The van der Waals surface area contributed by atoms with Gasteiger partial charge in [-0.3, -0.25) is 14.4 Å². The van der Waals surface area contributed by atoms with E-state index in [0.717, 1.165) is 35.3 Å². The third-order valence-electron chi connectivity index (χ3n) is 8.13. The second kappa shape index (κ2) is 15.4. The average Bonchev–Trinajstić information content (AvgIpc) is 3.85. The van der Waals surface area contributed by atoms with Crippen LogP contribution >= 0.6 is 0 Å². The highest BCUT2D eigenvalue weighted by molar-refractivity contribution is 7.89. The fourth-order valence-corrected chi connectivity index (χ4v) is 7.07. The van der Waals surface area contributed by atoms with Crippen LogP contribution in [0.2, 0.25) is 0 Å². The van der Waals surface area contributed by atoms with E-state index in [0.29, 0.717) is 23.8 Å². The zero-order chi connectivity index (χ0) is 34.2. The van der Waals surface area contributed by atoms with Crippen molar-refractivity contribution in [2.24, 2.45) is 11.3 Å². The molecule has 258 valence electrons. The van der Waals surface area contributed by atoms with E-state index in [1.807, 2.05) is 0 Å². The largest absolute Gasteiger partial charge is 0.493 e. The summed E-state index contributed by atoms with van der Waals surface area (Å²) in [5.41, 5.74) is -1.53. The summed E-state index contributed by atoms with van der Waals surface area (Å²) in [6.45, 7) is 0.698. The standard InChI is InChI=1S/C32H40F3N3O8S/c1-3-45-30(41)31(18-22-9-10-22)19-23-11-12-26(44-2)27(16-23)46-20-29(40)36-13-15-38(14-5-8-28(39)37-21-31)47(42,43)25-7-4-6-24(17-25)32(33,34)35/h4,6-7,11-12,16-17,22H,3,5,8-10,13-15,18-21H2,1-2H3,(H,36,40)(H,37,39). The van der Waals surface area contributed by atoms with Gasteiger partial charge < -0.3 is 24.8 Å². The number of nitrogens with zero attached hydrogens (tertiary/aromatic N) is 1. The van der Waals surface area contributed by atoms with E-state index < -0.39 is 56.5 Å². The van der Waals surface area contributed by atoms with Crippen LogP contribution in [-0.4, -0.2) is 77.0 Å². The number of halogens is 3. The summed E-state index contributed by atoms with van der Waals surface area (Å²) in [4.78, 5) is 38.7. The molecule has 2 aromatic carbocycles. The van der Waals surface area contributed by atoms with Crippen LogP contribution in [0.3, 0.4) is 0 Å². The number of alkyl halides is 3. The van der Waals surface area contributed by atoms with Gasteiger partial charge in [0.05, 0.1) is 29.6 Å². The summed E-state index contributed by atoms with van der Waals surface area (Å²) in [5, 5.41) is 5.42. The lowest BCUT2D eigenvalue weighted by molar-refractivity contribution is -0.156. The first kappa shape index (κ1) is 36.0. The zero-order valence-electron chi connectivity index (χ0n) is 26.4. The van der Waals surface area contributed by atoms with Crippen molar-refractivity contribution in [2.45, 2.75) is 56.5 Å². The van der Waals surface area contributed by atoms with Crippen LogP contribution in [-0.2, 0) is 41.7 Å². The van der Waals surface area contributed by atoms with Crippen molar-refractivity contribution in [1.82, 2.24) is 14.9 Å². The number of hydrogen-bond acceptors (Lipinski definition) is 8. The second-order valence-corrected chi connectivity index (χ2v) is 13.7. The Kier molecular flexibility index (Phi) is 11.8. The van der Waals surface area contributed by atoms with Crippen molar-refractivity contribution in [3.8, 4) is 11.5 Å². The number of hydrogen-bond donors (Lipinski definition) is 2. The maximum Gasteiger partial charge on any atom is 0.416 e. The predicted molar refractivity (Wildman–Crippen MR) is 164 cm³/mol. The highest BCUT2D eigenvalue weighted by Gasteiger charge is 2.45. The SMILES string of the molecule is CCOC(=O)C1(CC2CC2)CNC(=O)CCCN(S(=O)(=O)c2cccc(C(F)(F)F)c2)CCNC(=O)COc2cc(ccc2OC)C1. The molecule has 0 aromatic heterocycles. The molecule has 2 N–H and O–H groups in total. The molecule has 2 amide bonds. The van der Waals surface area contributed by atoms with Crippen molar-refractivity contribution >= 4 is 27.8 Å². The highest BCUT2D eigenvalue weighted by Crippen LogP contribution is 2.43. The molecule has 0 saturated heterocycles. The van der Waals surface area contributed by atoms with Gasteiger partial charge in [0.25, 0.3) is 5.91 Å². The molecule has 1 saturated carbocycles. The van der Waals surface area contributed by atoms with Gasteiger partial charge in [0.15, 0.2) is 18.1 Å². The van der Waals surface area contributed by atoms with Gasteiger partial charge in [-0.05, 0) is 68.0 Å². The Balaban J connectivity index is 1.64. The van der Waals surface area contributed by atoms with Crippen molar-refractivity contribution in [1.29, 1.82) is 0 Å². The number of fused-ring (bicyclic) bond motifs is 2. The molecule has 0 radical (unpaired) electrons. The second-order valence-electron chi connectivity index (χ2n) is 11.8. The number of ether oxygens (including phenoxy) is 3. The Labute approximate surface area is 272 Å². The normalized spacial score (nSPS) is 21.0. The van der Waals surface area contributed by atoms with Crippen LogP contribution < -0.4 is 20.1 Å². The molecule has 1 fully saturated rings. The molecule has 2 bridgehead atoms. The van der Waals surface area contributed by atoms with Gasteiger partial charge in [-0.15, -0.1) is 0 Å². The first-order chi connectivity index (χ1) is 22.3. The van der Waals surface area contributed by atoms with Crippen LogP contribution in [0.1, 0.15) is 50.2 Å². The number of benzene rings is 2. The van der Waals surface area contributed by atoms with Crippen molar-refractivity contribution in [3.63, 3.8) is 0 Å². The molecule has 1 aliphatic carbocycles. The Morgan fingerprint density at radius 2 is 1.85 bits per heavy atom.